The second kappa shape index (κ2) is 8.60. The topological polar surface area (TPSA) is 33.7 Å². The fourth-order valence-corrected chi connectivity index (χ4v) is 2.40. The molecule has 0 radical (unpaired) electrons. The Labute approximate surface area is 129 Å². The van der Waals surface area contributed by atoms with E-state index in [2.05, 4.69) is 46.9 Å². The van der Waals surface area contributed by atoms with E-state index in [1.54, 1.807) is 14.2 Å². The van der Waals surface area contributed by atoms with Gasteiger partial charge in [0.05, 0.1) is 14.2 Å². The maximum Gasteiger partial charge on any atom is 0.161 e. The lowest BCUT2D eigenvalue weighted by molar-refractivity contribution is 0.354. The Bertz CT molecular complexity index is 397. The molecule has 0 saturated carbocycles. The standard InChI is InChI=1S/C14H23IN2O2/c1-17(2)7-5-6-16-10-11-8-13(18-3)14(19-4)9-12(11)15/h8-9,16H,5-7,10H2,1-4H3. The van der Waals surface area contributed by atoms with E-state index in [0.29, 0.717) is 0 Å². The third kappa shape index (κ3) is 5.54. The third-order valence-corrected chi connectivity index (χ3v) is 3.83. The van der Waals surface area contributed by atoms with E-state index in [1.807, 2.05) is 12.1 Å². The summed E-state index contributed by atoms with van der Waals surface area (Å²) in [5, 5.41) is 3.46. The highest BCUT2D eigenvalue weighted by atomic mass is 127. The predicted molar refractivity (Wildman–Crippen MR) is 87.1 cm³/mol. The second-order valence-corrected chi connectivity index (χ2v) is 5.79. The molecule has 1 aromatic rings. The average Bonchev–Trinajstić information content (AvgIpc) is 2.39. The number of benzene rings is 1. The normalized spacial score (nSPS) is 10.8. The summed E-state index contributed by atoms with van der Waals surface area (Å²) < 4.78 is 11.8. The van der Waals surface area contributed by atoms with E-state index in [1.165, 1.54) is 9.13 Å². The first-order valence-corrected chi connectivity index (χ1v) is 7.42. The molecule has 5 heteroatoms. The van der Waals surface area contributed by atoms with Crippen molar-refractivity contribution in [1.29, 1.82) is 0 Å². The summed E-state index contributed by atoms with van der Waals surface area (Å²) in [5.41, 5.74) is 1.24. The van der Waals surface area contributed by atoms with E-state index in [9.17, 15) is 0 Å². The number of hydrogen-bond acceptors (Lipinski definition) is 4. The molecule has 1 aromatic carbocycles. The van der Waals surface area contributed by atoms with Crippen LogP contribution in [0.25, 0.3) is 0 Å². The fourth-order valence-electron chi connectivity index (χ4n) is 1.78. The minimum Gasteiger partial charge on any atom is -0.493 e. The smallest absolute Gasteiger partial charge is 0.161 e. The van der Waals surface area contributed by atoms with E-state index >= 15 is 0 Å². The summed E-state index contributed by atoms with van der Waals surface area (Å²) in [6.45, 7) is 2.98. The van der Waals surface area contributed by atoms with Gasteiger partial charge in [-0.1, -0.05) is 0 Å². The van der Waals surface area contributed by atoms with Gasteiger partial charge in [-0.15, -0.1) is 0 Å². The number of rotatable bonds is 8. The SMILES string of the molecule is COc1cc(I)c(CNCCCN(C)C)cc1OC. The van der Waals surface area contributed by atoms with Crippen LogP contribution in [0.2, 0.25) is 0 Å². The lowest BCUT2D eigenvalue weighted by atomic mass is 10.2. The largest absolute Gasteiger partial charge is 0.493 e. The van der Waals surface area contributed by atoms with Gasteiger partial charge >= 0.3 is 0 Å². The molecule has 0 atom stereocenters. The molecule has 0 unspecified atom stereocenters. The molecule has 19 heavy (non-hydrogen) atoms. The Morgan fingerprint density at radius 2 is 1.79 bits per heavy atom. The zero-order valence-electron chi connectivity index (χ0n) is 12.1. The van der Waals surface area contributed by atoms with E-state index in [0.717, 1.165) is 37.6 Å². The number of hydrogen-bond donors (Lipinski definition) is 1. The maximum absolute atomic E-state index is 5.33. The summed E-state index contributed by atoms with van der Waals surface area (Å²) in [6, 6.07) is 4.05. The molecule has 0 aromatic heterocycles. The average molecular weight is 378 g/mol. The molecule has 0 fully saturated rings. The number of halogens is 1. The molecule has 1 N–H and O–H groups in total. The third-order valence-electron chi connectivity index (χ3n) is 2.83. The number of nitrogens with one attached hydrogen (secondary N) is 1. The van der Waals surface area contributed by atoms with Gasteiger partial charge in [0.15, 0.2) is 11.5 Å². The van der Waals surface area contributed by atoms with Crippen molar-refractivity contribution in [3.05, 3.63) is 21.3 Å². The molecule has 0 aliphatic heterocycles. The molecule has 4 nitrogen and oxygen atoms in total. The quantitative estimate of drug-likeness (QED) is 0.556. The molecule has 1 rings (SSSR count). The van der Waals surface area contributed by atoms with Gasteiger partial charge in [-0.3, -0.25) is 0 Å². The Morgan fingerprint density at radius 3 is 2.37 bits per heavy atom. The van der Waals surface area contributed by atoms with Gasteiger partial charge in [-0.05, 0) is 73.9 Å². The summed E-state index contributed by atoms with van der Waals surface area (Å²) >= 11 is 2.33. The Balaban J connectivity index is 2.53. The van der Waals surface area contributed by atoms with Crippen molar-refractivity contribution in [2.45, 2.75) is 13.0 Å². The molecule has 108 valence electrons. The van der Waals surface area contributed by atoms with Gasteiger partial charge in [0.1, 0.15) is 0 Å². The number of ether oxygens (including phenoxy) is 2. The summed E-state index contributed by atoms with van der Waals surface area (Å²) in [6.07, 6.45) is 1.15. The van der Waals surface area contributed by atoms with Crippen LogP contribution in [0.1, 0.15) is 12.0 Å². The van der Waals surface area contributed by atoms with Gasteiger partial charge in [-0.25, -0.2) is 0 Å². The molecule has 0 saturated heterocycles. The van der Waals surface area contributed by atoms with Crippen molar-refractivity contribution in [3.63, 3.8) is 0 Å². The molecule has 0 aliphatic rings. The Morgan fingerprint density at radius 1 is 1.16 bits per heavy atom. The minimum absolute atomic E-state index is 0.781. The molecular weight excluding hydrogens is 355 g/mol. The van der Waals surface area contributed by atoms with E-state index in [4.69, 9.17) is 9.47 Å². The van der Waals surface area contributed by atoms with Crippen molar-refractivity contribution in [3.8, 4) is 11.5 Å². The Hall–Kier alpha value is -0.530. The van der Waals surface area contributed by atoms with Crippen LogP contribution in [-0.4, -0.2) is 46.3 Å². The van der Waals surface area contributed by atoms with Crippen LogP contribution in [0.5, 0.6) is 11.5 Å². The molecular formula is C14H23IN2O2. The first-order chi connectivity index (χ1) is 9.08. The molecule has 0 spiro atoms. The van der Waals surface area contributed by atoms with Crippen molar-refractivity contribution < 1.29 is 9.47 Å². The first kappa shape index (κ1) is 16.5. The van der Waals surface area contributed by atoms with Crippen molar-refractivity contribution in [1.82, 2.24) is 10.2 Å². The van der Waals surface area contributed by atoms with Crippen LogP contribution in [0.15, 0.2) is 12.1 Å². The number of methoxy groups -OCH3 is 2. The van der Waals surface area contributed by atoms with Gasteiger partial charge in [-0.2, -0.15) is 0 Å². The highest BCUT2D eigenvalue weighted by Gasteiger charge is 2.08. The van der Waals surface area contributed by atoms with Crippen LogP contribution < -0.4 is 14.8 Å². The zero-order valence-corrected chi connectivity index (χ0v) is 14.3. The Kier molecular flexibility index (Phi) is 7.48. The van der Waals surface area contributed by atoms with Gasteiger partial charge < -0.3 is 19.7 Å². The predicted octanol–water partition coefficient (Wildman–Crippen LogP) is 2.35. The highest BCUT2D eigenvalue weighted by molar-refractivity contribution is 14.1. The van der Waals surface area contributed by atoms with Crippen LogP contribution in [0.3, 0.4) is 0 Å². The van der Waals surface area contributed by atoms with Gasteiger partial charge in [0, 0.05) is 10.1 Å². The highest BCUT2D eigenvalue weighted by Crippen LogP contribution is 2.31. The molecule has 0 heterocycles. The van der Waals surface area contributed by atoms with Crippen molar-refractivity contribution in [2.75, 3.05) is 41.4 Å². The van der Waals surface area contributed by atoms with Gasteiger partial charge in [0.2, 0.25) is 0 Å². The molecule has 0 aliphatic carbocycles. The number of nitrogens with zero attached hydrogens (tertiary/aromatic N) is 1. The zero-order chi connectivity index (χ0) is 14.3. The lowest BCUT2D eigenvalue weighted by Crippen LogP contribution is -2.21. The summed E-state index contributed by atoms with van der Waals surface area (Å²) in [4.78, 5) is 2.20. The first-order valence-electron chi connectivity index (χ1n) is 6.34. The van der Waals surface area contributed by atoms with Crippen LogP contribution >= 0.6 is 22.6 Å². The van der Waals surface area contributed by atoms with Crippen molar-refractivity contribution >= 4 is 22.6 Å². The fraction of sp³-hybridized carbons (Fsp3) is 0.571. The molecule has 0 amide bonds. The van der Waals surface area contributed by atoms with E-state index < -0.39 is 0 Å². The van der Waals surface area contributed by atoms with Crippen LogP contribution in [-0.2, 0) is 6.54 Å². The van der Waals surface area contributed by atoms with Crippen LogP contribution in [0, 0.1) is 3.57 Å². The summed E-state index contributed by atoms with van der Waals surface area (Å²) in [5.74, 6) is 1.57. The molecule has 0 bridgehead atoms. The second-order valence-electron chi connectivity index (χ2n) is 4.63. The lowest BCUT2D eigenvalue weighted by Gasteiger charge is -2.13. The summed E-state index contributed by atoms with van der Waals surface area (Å²) in [7, 11) is 7.51. The monoisotopic (exact) mass is 378 g/mol. The van der Waals surface area contributed by atoms with Crippen LogP contribution in [0.4, 0.5) is 0 Å². The van der Waals surface area contributed by atoms with Gasteiger partial charge in [0.25, 0.3) is 0 Å². The minimum atomic E-state index is 0.781. The maximum atomic E-state index is 5.33. The van der Waals surface area contributed by atoms with Crippen molar-refractivity contribution in [2.24, 2.45) is 0 Å². The van der Waals surface area contributed by atoms with E-state index in [-0.39, 0.29) is 0 Å².